The Morgan fingerprint density at radius 1 is 1.28 bits per heavy atom. The summed E-state index contributed by atoms with van der Waals surface area (Å²) < 4.78 is 5.40. The molecule has 1 aliphatic heterocycles. The molecule has 1 aromatic rings. The van der Waals surface area contributed by atoms with Gasteiger partial charge in [0.25, 0.3) is 0 Å². The molecule has 1 heterocycles. The molecular formula is C15H24N2O. The van der Waals surface area contributed by atoms with Crippen molar-refractivity contribution in [2.45, 2.75) is 37.8 Å². The highest BCUT2D eigenvalue weighted by Gasteiger charge is 2.26. The van der Waals surface area contributed by atoms with E-state index in [-0.39, 0.29) is 11.6 Å². The van der Waals surface area contributed by atoms with Gasteiger partial charge in [-0.25, -0.2) is 0 Å². The van der Waals surface area contributed by atoms with E-state index in [0.717, 1.165) is 39.0 Å². The Labute approximate surface area is 110 Å². The highest BCUT2D eigenvalue weighted by Crippen LogP contribution is 2.20. The first-order valence-electron chi connectivity index (χ1n) is 6.83. The van der Waals surface area contributed by atoms with Gasteiger partial charge in [0.1, 0.15) is 0 Å². The molecule has 0 bridgehead atoms. The van der Waals surface area contributed by atoms with Gasteiger partial charge in [-0.15, -0.1) is 0 Å². The fraction of sp³-hybridized carbons (Fsp3) is 0.600. The molecule has 2 rings (SSSR count). The van der Waals surface area contributed by atoms with Crippen molar-refractivity contribution >= 4 is 0 Å². The number of nitrogens with two attached hydrogens (primary N) is 1. The highest BCUT2D eigenvalue weighted by molar-refractivity contribution is 5.18. The minimum Gasteiger partial charge on any atom is -0.381 e. The number of hydrogen-bond acceptors (Lipinski definition) is 3. The third-order valence-electron chi connectivity index (χ3n) is 3.83. The zero-order valence-electron chi connectivity index (χ0n) is 11.2. The van der Waals surface area contributed by atoms with E-state index in [2.05, 4.69) is 24.4 Å². The van der Waals surface area contributed by atoms with Gasteiger partial charge < -0.3 is 15.8 Å². The first-order chi connectivity index (χ1) is 8.70. The molecule has 1 fully saturated rings. The third kappa shape index (κ3) is 3.80. The Kier molecular flexibility index (Phi) is 4.75. The smallest absolute Gasteiger partial charge is 0.0483 e. The van der Waals surface area contributed by atoms with Gasteiger partial charge >= 0.3 is 0 Å². The third-order valence-corrected chi connectivity index (χ3v) is 3.83. The Hall–Kier alpha value is -0.900. The molecule has 18 heavy (non-hydrogen) atoms. The van der Waals surface area contributed by atoms with Crippen molar-refractivity contribution in [2.24, 2.45) is 5.73 Å². The van der Waals surface area contributed by atoms with Crippen LogP contribution in [0.2, 0.25) is 0 Å². The second-order valence-corrected chi connectivity index (χ2v) is 5.41. The van der Waals surface area contributed by atoms with E-state index in [1.807, 2.05) is 18.2 Å². The van der Waals surface area contributed by atoms with E-state index in [0.29, 0.717) is 0 Å². The van der Waals surface area contributed by atoms with Crippen molar-refractivity contribution in [2.75, 3.05) is 19.8 Å². The number of ether oxygens (including phenoxy) is 1. The molecule has 1 atom stereocenters. The monoisotopic (exact) mass is 248 g/mol. The molecule has 1 saturated heterocycles. The van der Waals surface area contributed by atoms with Crippen molar-refractivity contribution in [3.8, 4) is 0 Å². The maximum atomic E-state index is 6.19. The second kappa shape index (κ2) is 6.32. The van der Waals surface area contributed by atoms with E-state index in [1.165, 1.54) is 5.56 Å². The number of nitrogens with one attached hydrogen (secondary N) is 1. The molecule has 0 saturated carbocycles. The predicted molar refractivity (Wildman–Crippen MR) is 74.4 cm³/mol. The normalized spacial score (nSPS) is 20.6. The summed E-state index contributed by atoms with van der Waals surface area (Å²) in [5.41, 5.74) is 7.64. The molecule has 0 spiro atoms. The van der Waals surface area contributed by atoms with Crippen molar-refractivity contribution < 1.29 is 4.74 Å². The number of hydrogen-bond donors (Lipinski definition) is 2. The van der Waals surface area contributed by atoms with Gasteiger partial charge in [-0.2, -0.15) is 0 Å². The second-order valence-electron chi connectivity index (χ2n) is 5.41. The van der Waals surface area contributed by atoms with Crippen molar-refractivity contribution in [1.29, 1.82) is 0 Å². The van der Waals surface area contributed by atoms with Crippen LogP contribution >= 0.6 is 0 Å². The molecular weight excluding hydrogens is 224 g/mol. The maximum absolute atomic E-state index is 6.19. The van der Waals surface area contributed by atoms with Gasteiger partial charge in [-0.1, -0.05) is 30.3 Å². The van der Waals surface area contributed by atoms with Crippen LogP contribution in [0.3, 0.4) is 0 Å². The first kappa shape index (κ1) is 13.5. The number of rotatable bonds is 5. The Morgan fingerprint density at radius 2 is 1.94 bits per heavy atom. The van der Waals surface area contributed by atoms with E-state index in [1.54, 1.807) is 0 Å². The van der Waals surface area contributed by atoms with E-state index in [9.17, 15) is 0 Å². The van der Waals surface area contributed by atoms with Gasteiger partial charge in [0.2, 0.25) is 0 Å². The molecule has 0 radical (unpaired) electrons. The van der Waals surface area contributed by atoms with E-state index in [4.69, 9.17) is 10.5 Å². The summed E-state index contributed by atoms with van der Waals surface area (Å²) >= 11 is 0. The molecule has 3 nitrogen and oxygen atoms in total. The van der Waals surface area contributed by atoms with Crippen molar-refractivity contribution in [3.63, 3.8) is 0 Å². The lowest BCUT2D eigenvalue weighted by Gasteiger charge is -2.35. The van der Waals surface area contributed by atoms with Gasteiger partial charge in [0, 0.05) is 24.8 Å². The molecule has 0 amide bonds. The van der Waals surface area contributed by atoms with Crippen LogP contribution in [0.15, 0.2) is 30.3 Å². The SMILES string of the molecule is CC1(NCCC(N)c2ccccc2)CCOCC1. The summed E-state index contributed by atoms with van der Waals surface area (Å²) in [7, 11) is 0. The summed E-state index contributed by atoms with van der Waals surface area (Å²) in [4.78, 5) is 0. The summed E-state index contributed by atoms with van der Waals surface area (Å²) in [6.45, 7) is 4.98. The van der Waals surface area contributed by atoms with Crippen LogP contribution in [0.1, 0.15) is 37.8 Å². The molecule has 100 valence electrons. The minimum absolute atomic E-state index is 0.127. The highest BCUT2D eigenvalue weighted by atomic mass is 16.5. The molecule has 3 N–H and O–H groups in total. The lowest BCUT2D eigenvalue weighted by Crippen LogP contribution is -2.47. The fourth-order valence-electron chi connectivity index (χ4n) is 2.40. The largest absolute Gasteiger partial charge is 0.381 e. The van der Waals surface area contributed by atoms with Crippen LogP contribution in [0, 0.1) is 0 Å². The van der Waals surface area contributed by atoms with Crippen LogP contribution in [0.4, 0.5) is 0 Å². The number of benzene rings is 1. The average Bonchev–Trinajstić information content (AvgIpc) is 2.40. The topological polar surface area (TPSA) is 47.3 Å². The maximum Gasteiger partial charge on any atom is 0.0483 e. The van der Waals surface area contributed by atoms with Gasteiger partial charge in [-0.05, 0) is 38.3 Å². The summed E-state index contributed by atoms with van der Waals surface area (Å²) in [5.74, 6) is 0. The molecule has 0 aliphatic carbocycles. The molecule has 1 aromatic carbocycles. The van der Waals surface area contributed by atoms with Gasteiger partial charge in [0.15, 0.2) is 0 Å². The van der Waals surface area contributed by atoms with Crippen LogP contribution < -0.4 is 11.1 Å². The summed E-state index contributed by atoms with van der Waals surface area (Å²) in [6.07, 6.45) is 3.15. The Balaban J connectivity index is 1.75. The average molecular weight is 248 g/mol. The molecule has 1 aliphatic rings. The first-order valence-corrected chi connectivity index (χ1v) is 6.83. The van der Waals surface area contributed by atoms with E-state index < -0.39 is 0 Å². The van der Waals surface area contributed by atoms with Gasteiger partial charge in [0.05, 0.1) is 0 Å². The summed E-state index contributed by atoms with van der Waals surface area (Å²) in [5, 5.41) is 3.64. The fourth-order valence-corrected chi connectivity index (χ4v) is 2.40. The predicted octanol–water partition coefficient (Wildman–Crippen LogP) is 2.24. The van der Waals surface area contributed by atoms with Crippen LogP contribution in [0.5, 0.6) is 0 Å². The van der Waals surface area contributed by atoms with Crippen LogP contribution in [-0.4, -0.2) is 25.3 Å². The standard InChI is InChI=1S/C15H24N2O/c1-15(8-11-18-12-9-15)17-10-7-14(16)13-5-3-2-4-6-13/h2-6,14,17H,7-12,16H2,1H3. The summed E-state index contributed by atoms with van der Waals surface area (Å²) in [6, 6.07) is 10.4. The molecule has 1 unspecified atom stereocenters. The van der Waals surface area contributed by atoms with Gasteiger partial charge in [-0.3, -0.25) is 0 Å². The van der Waals surface area contributed by atoms with Crippen LogP contribution in [0.25, 0.3) is 0 Å². The zero-order valence-corrected chi connectivity index (χ0v) is 11.2. The Bertz CT molecular complexity index is 347. The van der Waals surface area contributed by atoms with Crippen molar-refractivity contribution in [1.82, 2.24) is 5.32 Å². The van der Waals surface area contributed by atoms with Crippen LogP contribution in [-0.2, 0) is 4.74 Å². The zero-order chi connectivity index (χ0) is 12.8. The lowest BCUT2D eigenvalue weighted by atomic mass is 9.92. The van der Waals surface area contributed by atoms with Crippen molar-refractivity contribution in [3.05, 3.63) is 35.9 Å². The van der Waals surface area contributed by atoms with E-state index >= 15 is 0 Å². The quantitative estimate of drug-likeness (QED) is 0.840. The minimum atomic E-state index is 0.127. The Morgan fingerprint density at radius 3 is 2.61 bits per heavy atom. The molecule has 0 aromatic heterocycles. The molecule has 3 heteroatoms. The lowest BCUT2D eigenvalue weighted by molar-refractivity contribution is 0.0452.